The van der Waals surface area contributed by atoms with E-state index in [1.54, 1.807) is 30.3 Å². The molecule has 0 unspecified atom stereocenters. The maximum Gasteiger partial charge on any atom is 0.127 e. The lowest BCUT2D eigenvalue weighted by atomic mass is 10.0. The fourth-order valence-corrected chi connectivity index (χ4v) is 2.17. The zero-order valence-electron chi connectivity index (χ0n) is 8.68. The predicted octanol–water partition coefficient (Wildman–Crippen LogP) is 5.54. The van der Waals surface area contributed by atoms with Crippen LogP contribution in [0, 0.1) is 5.82 Å². The fourth-order valence-electron chi connectivity index (χ4n) is 1.56. The summed E-state index contributed by atoms with van der Waals surface area (Å²) in [6.07, 6.45) is 0. The van der Waals surface area contributed by atoms with Crippen LogP contribution in [-0.2, 0) is 5.88 Å². The molecule has 0 atom stereocenters. The van der Waals surface area contributed by atoms with Crippen LogP contribution in [-0.4, -0.2) is 0 Å². The average molecular weight is 290 g/mol. The first-order chi connectivity index (χ1) is 8.11. The number of benzene rings is 2. The van der Waals surface area contributed by atoms with Crippen molar-refractivity contribution in [2.75, 3.05) is 0 Å². The second-order valence-electron chi connectivity index (χ2n) is 3.56. The van der Waals surface area contributed by atoms with Gasteiger partial charge in [0.15, 0.2) is 0 Å². The lowest BCUT2D eigenvalue weighted by Gasteiger charge is -2.07. The molecule has 0 fully saturated rings. The van der Waals surface area contributed by atoms with Crippen molar-refractivity contribution in [2.24, 2.45) is 0 Å². The van der Waals surface area contributed by atoms with E-state index in [-0.39, 0.29) is 11.7 Å². The lowest BCUT2D eigenvalue weighted by Crippen LogP contribution is -1.88. The summed E-state index contributed by atoms with van der Waals surface area (Å²) in [7, 11) is 0. The molecule has 0 aliphatic heterocycles. The second-order valence-corrected chi connectivity index (χ2v) is 4.67. The molecule has 0 amide bonds. The summed E-state index contributed by atoms with van der Waals surface area (Å²) in [5.74, 6) is -0.195. The molecule has 0 aliphatic carbocycles. The van der Waals surface area contributed by atoms with Gasteiger partial charge in [-0.25, -0.2) is 4.39 Å². The number of hydrogen-bond donors (Lipinski definition) is 0. The molecule has 0 N–H and O–H groups in total. The van der Waals surface area contributed by atoms with Gasteiger partial charge in [0.1, 0.15) is 5.82 Å². The van der Waals surface area contributed by atoms with Crippen LogP contribution in [0.1, 0.15) is 5.56 Å². The second kappa shape index (κ2) is 5.26. The van der Waals surface area contributed by atoms with Crippen molar-refractivity contribution in [2.45, 2.75) is 5.88 Å². The molecule has 0 radical (unpaired) electrons. The predicted molar refractivity (Wildman–Crippen MR) is 71.4 cm³/mol. The standard InChI is InChI=1S/C13H8Cl3F/c14-7-9-5-8(1-4-13(9)17)11-6-10(15)2-3-12(11)16/h1-6H,7H2. The van der Waals surface area contributed by atoms with E-state index in [9.17, 15) is 4.39 Å². The minimum absolute atomic E-state index is 0.123. The van der Waals surface area contributed by atoms with E-state index in [1.807, 2.05) is 0 Å². The van der Waals surface area contributed by atoms with Crippen LogP contribution < -0.4 is 0 Å². The highest BCUT2D eigenvalue weighted by molar-refractivity contribution is 6.35. The first-order valence-corrected chi connectivity index (χ1v) is 6.20. The molecule has 2 rings (SSSR count). The van der Waals surface area contributed by atoms with Gasteiger partial charge in [0, 0.05) is 21.2 Å². The van der Waals surface area contributed by atoms with Crippen molar-refractivity contribution >= 4 is 34.8 Å². The van der Waals surface area contributed by atoms with Crippen molar-refractivity contribution in [3.05, 3.63) is 57.8 Å². The molecule has 0 aliphatic rings. The van der Waals surface area contributed by atoms with E-state index in [0.29, 0.717) is 15.6 Å². The maximum atomic E-state index is 13.3. The Hall–Kier alpha value is -0.760. The van der Waals surface area contributed by atoms with Gasteiger partial charge in [-0.05, 0) is 35.9 Å². The van der Waals surface area contributed by atoms with E-state index in [4.69, 9.17) is 34.8 Å². The first kappa shape index (κ1) is 12.7. The largest absolute Gasteiger partial charge is 0.207 e. The summed E-state index contributed by atoms with van der Waals surface area (Å²) in [4.78, 5) is 0. The highest BCUT2D eigenvalue weighted by Crippen LogP contribution is 2.31. The zero-order valence-corrected chi connectivity index (χ0v) is 11.0. The van der Waals surface area contributed by atoms with E-state index < -0.39 is 0 Å². The van der Waals surface area contributed by atoms with Gasteiger partial charge in [-0.15, -0.1) is 11.6 Å². The number of hydrogen-bond acceptors (Lipinski definition) is 0. The minimum Gasteiger partial charge on any atom is -0.207 e. The zero-order chi connectivity index (χ0) is 12.4. The Morgan fingerprint density at radius 1 is 1.00 bits per heavy atom. The maximum absolute atomic E-state index is 13.3. The quantitative estimate of drug-likeness (QED) is 0.637. The highest BCUT2D eigenvalue weighted by atomic mass is 35.5. The molecule has 0 saturated heterocycles. The molecule has 0 saturated carbocycles. The van der Waals surface area contributed by atoms with E-state index in [0.717, 1.165) is 11.1 Å². The molecule has 4 heteroatoms. The highest BCUT2D eigenvalue weighted by Gasteiger charge is 2.08. The van der Waals surface area contributed by atoms with Crippen LogP contribution >= 0.6 is 34.8 Å². The van der Waals surface area contributed by atoms with E-state index in [1.165, 1.54) is 6.07 Å². The molecule has 0 spiro atoms. The van der Waals surface area contributed by atoms with Gasteiger partial charge in [0.25, 0.3) is 0 Å². The van der Waals surface area contributed by atoms with Crippen LogP contribution in [0.5, 0.6) is 0 Å². The van der Waals surface area contributed by atoms with Gasteiger partial charge in [0.2, 0.25) is 0 Å². The Labute approximate surface area is 114 Å². The molecule has 2 aromatic rings. The Kier molecular flexibility index (Phi) is 3.93. The normalized spacial score (nSPS) is 10.6. The molecule has 0 bridgehead atoms. The molecule has 0 heterocycles. The van der Waals surface area contributed by atoms with Crippen LogP contribution in [0.15, 0.2) is 36.4 Å². The third kappa shape index (κ3) is 2.74. The summed E-state index contributed by atoms with van der Waals surface area (Å²) < 4.78 is 13.3. The topological polar surface area (TPSA) is 0 Å². The van der Waals surface area contributed by atoms with Gasteiger partial charge in [-0.2, -0.15) is 0 Å². The lowest BCUT2D eigenvalue weighted by molar-refractivity contribution is 0.617. The Balaban J connectivity index is 2.56. The van der Waals surface area contributed by atoms with Gasteiger partial charge in [0.05, 0.1) is 5.88 Å². The number of halogens is 4. The van der Waals surface area contributed by atoms with Crippen molar-refractivity contribution in [3.63, 3.8) is 0 Å². The third-order valence-electron chi connectivity index (χ3n) is 2.43. The first-order valence-electron chi connectivity index (χ1n) is 4.91. The third-order valence-corrected chi connectivity index (χ3v) is 3.28. The summed E-state index contributed by atoms with van der Waals surface area (Å²) in [5.41, 5.74) is 2.01. The molecule has 2 aromatic carbocycles. The van der Waals surface area contributed by atoms with E-state index in [2.05, 4.69) is 0 Å². The summed E-state index contributed by atoms with van der Waals surface area (Å²) in [6.45, 7) is 0. The average Bonchev–Trinajstić information content (AvgIpc) is 2.33. The molecule has 0 aromatic heterocycles. The van der Waals surface area contributed by atoms with Crippen molar-refractivity contribution in [1.82, 2.24) is 0 Å². The van der Waals surface area contributed by atoms with Gasteiger partial charge < -0.3 is 0 Å². The van der Waals surface area contributed by atoms with Crippen LogP contribution in [0.2, 0.25) is 10.0 Å². The SMILES string of the molecule is Fc1ccc(-c2cc(Cl)ccc2Cl)cc1CCl. The molecule has 88 valence electrons. The number of alkyl halides is 1. The number of rotatable bonds is 2. The monoisotopic (exact) mass is 288 g/mol. The summed E-state index contributed by atoms with van der Waals surface area (Å²) in [5, 5.41) is 1.16. The van der Waals surface area contributed by atoms with Gasteiger partial charge in [-0.3, -0.25) is 0 Å². The minimum atomic E-state index is -0.318. The van der Waals surface area contributed by atoms with Crippen LogP contribution in [0.4, 0.5) is 4.39 Å². The molecular formula is C13H8Cl3F. The Bertz CT molecular complexity index is 552. The van der Waals surface area contributed by atoms with Crippen molar-refractivity contribution in [3.8, 4) is 11.1 Å². The fraction of sp³-hybridized carbons (Fsp3) is 0.0769. The molecular weight excluding hydrogens is 281 g/mol. The van der Waals surface area contributed by atoms with Crippen LogP contribution in [0.25, 0.3) is 11.1 Å². The van der Waals surface area contributed by atoms with Crippen molar-refractivity contribution in [1.29, 1.82) is 0 Å². The Morgan fingerprint density at radius 3 is 2.47 bits per heavy atom. The van der Waals surface area contributed by atoms with Gasteiger partial charge in [-0.1, -0.05) is 29.3 Å². The molecule has 0 nitrogen and oxygen atoms in total. The Morgan fingerprint density at radius 2 is 1.76 bits per heavy atom. The summed E-state index contributed by atoms with van der Waals surface area (Å²) in [6, 6.07) is 9.88. The molecule has 17 heavy (non-hydrogen) atoms. The van der Waals surface area contributed by atoms with Gasteiger partial charge >= 0.3 is 0 Å². The van der Waals surface area contributed by atoms with E-state index >= 15 is 0 Å². The van der Waals surface area contributed by atoms with Crippen LogP contribution in [0.3, 0.4) is 0 Å². The summed E-state index contributed by atoms with van der Waals surface area (Å²) >= 11 is 17.7. The smallest absolute Gasteiger partial charge is 0.127 e. The van der Waals surface area contributed by atoms with Crippen molar-refractivity contribution < 1.29 is 4.39 Å².